The van der Waals surface area contributed by atoms with E-state index in [0.717, 1.165) is 19.5 Å². The molecule has 0 saturated carbocycles. The van der Waals surface area contributed by atoms with Crippen LogP contribution in [0.25, 0.3) is 0 Å². The van der Waals surface area contributed by atoms with E-state index in [-0.39, 0.29) is 0 Å². The number of benzene rings is 1. The first-order valence-electron chi connectivity index (χ1n) is 5.37. The average Bonchev–Trinajstić information content (AvgIpc) is 2.23. The molecule has 1 aromatic carbocycles. The fourth-order valence-corrected chi connectivity index (χ4v) is 1.43. The van der Waals surface area contributed by atoms with Crippen LogP contribution in [0.4, 0.5) is 0 Å². The normalized spacial score (nSPS) is 10.7. The van der Waals surface area contributed by atoms with E-state index >= 15 is 0 Å². The summed E-state index contributed by atoms with van der Waals surface area (Å²) in [6.07, 6.45) is 6.96. The molecule has 0 aliphatic heterocycles. The number of aryl methyl sites for hydroxylation is 1. The standard InChI is InChI=1S/C14H19N/c1-3-4-5-6-10-15-12-14-9-7-8-13(2)11-14/h3-5,7-9,11,15H,1,6,10,12H2,2H3. The Morgan fingerprint density at radius 2 is 2.27 bits per heavy atom. The molecule has 80 valence electrons. The molecule has 0 heterocycles. The van der Waals surface area contributed by atoms with Crippen LogP contribution in [-0.4, -0.2) is 6.54 Å². The molecule has 0 radical (unpaired) electrons. The van der Waals surface area contributed by atoms with Crippen molar-refractivity contribution >= 4 is 0 Å². The Balaban J connectivity index is 2.20. The smallest absolute Gasteiger partial charge is 0.0205 e. The molecule has 0 saturated heterocycles. The highest BCUT2D eigenvalue weighted by Crippen LogP contribution is 2.02. The second-order valence-electron chi connectivity index (χ2n) is 3.62. The maximum atomic E-state index is 3.63. The average molecular weight is 201 g/mol. The molecule has 1 N–H and O–H groups in total. The van der Waals surface area contributed by atoms with Gasteiger partial charge in [0.05, 0.1) is 0 Å². The Kier molecular flexibility index (Phi) is 5.49. The summed E-state index contributed by atoms with van der Waals surface area (Å²) in [4.78, 5) is 0. The molecule has 0 unspecified atom stereocenters. The Bertz CT molecular complexity index is 326. The molecule has 0 fully saturated rings. The second kappa shape index (κ2) is 7.02. The Hall–Kier alpha value is -1.34. The maximum Gasteiger partial charge on any atom is 0.0205 e. The lowest BCUT2D eigenvalue weighted by atomic mass is 10.1. The van der Waals surface area contributed by atoms with Gasteiger partial charge in [-0.3, -0.25) is 0 Å². The maximum absolute atomic E-state index is 3.63. The second-order valence-corrected chi connectivity index (χ2v) is 3.62. The summed E-state index contributed by atoms with van der Waals surface area (Å²) >= 11 is 0. The van der Waals surface area contributed by atoms with E-state index in [4.69, 9.17) is 0 Å². The van der Waals surface area contributed by atoms with Gasteiger partial charge in [0.25, 0.3) is 0 Å². The van der Waals surface area contributed by atoms with Gasteiger partial charge < -0.3 is 5.32 Å². The third-order valence-corrected chi connectivity index (χ3v) is 2.17. The predicted molar refractivity (Wildman–Crippen MR) is 66.8 cm³/mol. The van der Waals surface area contributed by atoms with Gasteiger partial charge in [0.2, 0.25) is 0 Å². The Morgan fingerprint density at radius 3 is 3.00 bits per heavy atom. The van der Waals surface area contributed by atoms with E-state index in [1.54, 1.807) is 6.08 Å². The first-order chi connectivity index (χ1) is 7.33. The quantitative estimate of drug-likeness (QED) is 0.550. The zero-order valence-corrected chi connectivity index (χ0v) is 9.37. The van der Waals surface area contributed by atoms with Gasteiger partial charge in [-0.05, 0) is 25.5 Å². The lowest BCUT2D eigenvalue weighted by Crippen LogP contribution is -2.13. The van der Waals surface area contributed by atoms with Crippen LogP contribution < -0.4 is 5.32 Å². The van der Waals surface area contributed by atoms with Gasteiger partial charge in [-0.1, -0.05) is 54.6 Å². The van der Waals surface area contributed by atoms with Gasteiger partial charge in [-0.15, -0.1) is 0 Å². The lowest BCUT2D eigenvalue weighted by Gasteiger charge is -2.03. The number of rotatable bonds is 6. The van der Waals surface area contributed by atoms with Crippen molar-refractivity contribution in [2.45, 2.75) is 19.9 Å². The van der Waals surface area contributed by atoms with Gasteiger partial charge in [-0.25, -0.2) is 0 Å². The van der Waals surface area contributed by atoms with Crippen molar-refractivity contribution in [1.82, 2.24) is 5.32 Å². The van der Waals surface area contributed by atoms with Crippen LogP contribution in [0.2, 0.25) is 0 Å². The van der Waals surface area contributed by atoms with Gasteiger partial charge >= 0.3 is 0 Å². The topological polar surface area (TPSA) is 12.0 Å². The van der Waals surface area contributed by atoms with Crippen molar-refractivity contribution in [2.75, 3.05) is 6.54 Å². The monoisotopic (exact) mass is 201 g/mol. The first kappa shape index (κ1) is 11.7. The summed E-state index contributed by atoms with van der Waals surface area (Å²) in [6, 6.07) is 8.59. The summed E-state index contributed by atoms with van der Waals surface area (Å²) in [6.45, 7) is 7.71. The van der Waals surface area contributed by atoms with Crippen molar-refractivity contribution in [2.24, 2.45) is 0 Å². The minimum Gasteiger partial charge on any atom is -0.312 e. The molecule has 1 nitrogen and oxygen atoms in total. The summed E-state index contributed by atoms with van der Waals surface area (Å²) in [7, 11) is 0. The first-order valence-corrected chi connectivity index (χ1v) is 5.37. The largest absolute Gasteiger partial charge is 0.312 e. The SMILES string of the molecule is C=CC=CCCNCc1cccc(C)c1. The van der Waals surface area contributed by atoms with Crippen molar-refractivity contribution in [3.05, 3.63) is 60.2 Å². The fourth-order valence-electron chi connectivity index (χ4n) is 1.43. The van der Waals surface area contributed by atoms with Crippen LogP contribution in [0.5, 0.6) is 0 Å². The molecular weight excluding hydrogens is 182 g/mol. The van der Waals surface area contributed by atoms with Crippen LogP contribution in [-0.2, 0) is 6.54 Å². The molecule has 1 heteroatoms. The van der Waals surface area contributed by atoms with E-state index in [1.807, 2.05) is 6.08 Å². The van der Waals surface area contributed by atoms with Crippen molar-refractivity contribution in [3.63, 3.8) is 0 Å². The van der Waals surface area contributed by atoms with E-state index in [2.05, 4.69) is 49.2 Å². The third kappa shape index (κ3) is 5.18. The molecule has 0 aliphatic carbocycles. The lowest BCUT2D eigenvalue weighted by molar-refractivity contribution is 0.695. The van der Waals surface area contributed by atoms with Crippen molar-refractivity contribution < 1.29 is 0 Å². The molecular formula is C14H19N. The molecule has 0 amide bonds. The van der Waals surface area contributed by atoms with Gasteiger partial charge in [0.15, 0.2) is 0 Å². The molecule has 0 aliphatic rings. The Morgan fingerprint density at radius 1 is 1.40 bits per heavy atom. The van der Waals surface area contributed by atoms with E-state index < -0.39 is 0 Å². The molecule has 0 bridgehead atoms. The van der Waals surface area contributed by atoms with Crippen LogP contribution in [0, 0.1) is 6.92 Å². The van der Waals surface area contributed by atoms with E-state index in [0.29, 0.717) is 0 Å². The highest BCUT2D eigenvalue weighted by Gasteiger charge is 1.91. The highest BCUT2D eigenvalue weighted by molar-refractivity contribution is 5.21. The summed E-state index contributed by atoms with van der Waals surface area (Å²) in [5.74, 6) is 0. The van der Waals surface area contributed by atoms with Crippen LogP contribution in [0.1, 0.15) is 17.5 Å². The van der Waals surface area contributed by atoms with Gasteiger partial charge in [-0.2, -0.15) is 0 Å². The third-order valence-electron chi connectivity index (χ3n) is 2.17. The minimum absolute atomic E-state index is 0.948. The van der Waals surface area contributed by atoms with Gasteiger partial charge in [0.1, 0.15) is 0 Å². The van der Waals surface area contributed by atoms with Crippen molar-refractivity contribution in [1.29, 1.82) is 0 Å². The zero-order chi connectivity index (χ0) is 10.9. The molecule has 1 aromatic rings. The van der Waals surface area contributed by atoms with E-state index in [9.17, 15) is 0 Å². The summed E-state index contributed by atoms with van der Waals surface area (Å²) in [5, 5.41) is 3.40. The molecule has 15 heavy (non-hydrogen) atoms. The van der Waals surface area contributed by atoms with E-state index in [1.165, 1.54) is 11.1 Å². The van der Waals surface area contributed by atoms with Gasteiger partial charge in [0, 0.05) is 6.54 Å². The predicted octanol–water partition coefficient (Wildman–Crippen LogP) is 3.22. The van der Waals surface area contributed by atoms with Crippen LogP contribution in [0.15, 0.2) is 49.1 Å². The molecule has 0 aromatic heterocycles. The summed E-state index contributed by atoms with van der Waals surface area (Å²) < 4.78 is 0. The molecule has 1 rings (SSSR count). The van der Waals surface area contributed by atoms with Crippen LogP contribution in [0.3, 0.4) is 0 Å². The number of hydrogen-bond acceptors (Lipinski definition) is 1. The number of hydrogen-bond donors (Lipinski definition) is 1. The van der Waals surface area contributed by atoms with Crippen LogP contribution >= 0.6 is 0 Å². The summed E-state index contributed by atoms with van der Waals surface area (Å²) in [5.41, 5.74) is 2.67. The fraction of sp³-hybridized carbons (Fsp3) is 0.286. The number of allylic oxidation sites excluding steroid dienone is 2. The molecule has 0 spiro atoms. The van der Waals surface area contributed by atoms with Crippen molar-refractivity contribution in [3.8, 4) is 0 Å². The zero-order valence-electron chi connectivity index (χ0n) is 9.37. The Labute approximate surface area is 92.5 Å². The number of nitrogens with one attached hydrogen (secondary N) is 1. The highest BCUT2D eigenvalue weighted by atomic mass is 14.8. The molecule has 0 atom stereocenters. The minimum atomic E-state index is 0.948.